The summed E-state index contributed by atoms with van der Waals surface area (Å²) in [4.78, 5) is 0. The molecule has 0 radical (unpaired) electrons. The average Bonchev–Trinajstić information content (AvgIpc) is 2.89. The fraction of sp³-hybridized carbons (Fsp3) is 0.238. The van der Waals surface area contributed by atoms with Gasteiger partial charge < -0.3 is 9.98 Å². The van der Waals surface area contributed by atoms with Crippen molar-refractivity contribution in [2.24, 2.45) is 0 Å². The van der Waals surface area contributed by atoms with Crippen LogP contribution in [0.2, 0.25) is 0 Å². The maximum absolute atomic E-state index is 9.03. The number of nitrogens with zero attached hydrogens (tertiary/aromatic N) is 2. The summed E-state index contributed by atoms with van der Waals surface area (Å²) >= 11 is 3.42. The van der Waals surface area contributed by atoms with Gasteiger partial charge in [0.15, 0.2) is 0 Å². The number of hydrogen-bond acceptors (Lipinski definition) is 2. The summed E-state index contributed by atoms with van der Waals surface area (Å²) in [5, 5.41) is 17.2. The molecule has 1 N–H and O–H groups in total. The van der Waals surface area contributed by atoms with Crippen LogP contribution in [-0.4, -0.2) is 10.3 Å². The number of halogens is 1. The minimum atomic E-state index is 0.585. The number of allylic oxidation sites excluding steroid dienone is 3. The SMILES string of the molecule is CC(=C/C(=N)CCc1cc(Br)cc(C#N)c1)/C=C/n1c(C)ccc1C. The molecule has 1 aromatic carbocycles. The second kappa shape index (κ2) is 8.64. The smallest absolute Gasteiger partial charge is 0.0992 e. The maximum Gasteiger partial charge on any atom is 0.0992 e. The van der Waals surface area contributed by atoms with E-state index in [9.17, 15) is 0 Å². The molecule has 0 aliphatic rings. The Morgan fingerprint density at radius 3 is 2.56 bits per heavy atom. The molecule has 0 aliphatic carbocycles. The van der Waals surface area contributed by atoms with Crippen LogP contribution < -0.4 is 0 Å². The third-order valence-corrected chi connectivity index (χ3v) is 4.44. The Morgan fingerprint density at radius 1 is 1.24 bits per heavy atom. The van der Waals surface area contributed by atoms with Crippen molar-refractivity contribution in [3.8, 4) is 6.07 Å². The molecule has 0 bridgehead atoms. The van der Waals surface area contributed by atoms with E-state index in [1.54, 1.807) is 6.07 Å². The van der Waals surface area contributed by atoms with Gasteiger partial charge in [0.2, 0.25) is 0 Å². The second-order valence-electron chi connectivity index (χ2n) is 6.18. The molecule has 0 amide bonds. The summed E-state index contributed by atoms with van der Waals surface area (Å²) in [7, 11) is 0. The summed E-state index contributed by atoms with van der Waals surface area (Å²) in [6.07, 6.45) is 7.36. The highest BCUT2D eigenvalue weighted by molar-refractivity contribution is 9.10. The van der Waals surface area contributed by atoms with Crippen molar-refractivity contribution in [2.45, 2.75) is 33.6 Å². The van der Waals surface area contributed by atoms with Crippen LogP contribution in [0.3, 0.4) is 0 Å². The summed E-state index contributed by atoms with van der Waals surface area (Å²) in [6.45, 7) is 6.16. The molecule has 2 aromatic rings. The lowest BCUT2D eigenvalue weighted by atomic mass is 10.0. The molecule has 2 rings (SSSR count). The standard InChI is InChI=1S/C21H22BrN3/c1-15(8-9-25-16(2)4-5-17(25)3)10-21(24)7-6-18-11-19(14-23)13-20(22)12-18/h4-5,8-13,24H,6-7H2,1-3H3/b9-8+,15-10-,24-21?. The topological polar surface area (TPSA) is 52.6 Å². The zero-order valence-corrected chi connectivity index (χ0v) is 16.4. The van der Waals surface area contributed by atoms with Crippen LogP contribution in [0.1, 0.15) is 35.9 Å². The first kappa shape index (κ1) is 19.0. The predicted octanol–water partition coefficient (Wildman–Crippen LogP) is 5.81. The average molecular weight is 396 g/mol. The lowest BCUT2D eigenvalue weighted by Gasteiger charge is -2.04. The van der Waals surface area contributed by atoms with Gasteiger partial charge in [0, 0.05) is 27.8 Å². The third-order valence-electron chi connectivity index (χ3n) is 3.98. The number of nitrogens with one attached hydrogen (secondary N) is 1. The second-order valence-corrected chi connectivity index (χ2v) is 7.09. The summed E-state index contributed by atoms with van der Waals surface area (Å²) in [5.41, 5.74) is 5.73. The van der Waals surface area contributed by atoms with Crippen LogP contribution in [0, 0.1) is 30.6 Å². The molecule has 128 valence electrons. The van der Waals surface area contributed by atoms with Crippen molar-refractivity contribution in [3.63, 3.8) is 0 Å². The summed E-state index contributed by atoms with van der Waals surface area (Å²) in [6, 6.07) is 12.0. The van der Waals surface area contributed by atoms with Crippen molar-refractivity contribution >= 4 is 27.8 Å². The Balaban J connectivity index is 1.98. The molecule has 1 heterocycles. The lowest BCUT2D eigenvalue weighted by molar-refractivity contribution is 1.02. The molecule has 25 heavy (non-hydrogen) atoms. The largest absolute Gasteiger partial charge is 0.325 e. The van der Waals surface area contributed by atoms with E-state index in [1.807, 2.05) is 37.4 Å². The van der Waals surface area contributed by atoms with Crippen LogP contribution in [-0.2, 0) is 6.42 Å². The summed E-state index contributed by atoms with van der Waals surface area (Å²) < 4.78 is 3.03. The van der Waals surface area contributed by atoms with Crippen molar-refractivity contribution in [2.75, 3.05) is 0 Å². The highest BCUT2D eigenvalue weighted by Crippen LogP contribution is 2.17. The molecular weight excluding hydrogens is 374 g/mol. The highest BCUT2D eigenvalue weighted by atomic mass is 79.9. The quantitative estimate of drug-likeness (QED) is 0.486. The van der Waals surface area contributed by atoms with Gasteiger partial charge in [-0.15, -0.1) is 0 Å². The van der Waals surface area contributed by atoms with Gasteiger partial charge in [0.25, 0.3) is 0 Å². The predicted molar refractivity (Wildman–Crippen MR) is 108 cm³/mol. The minimum Gasteiger partial charge on any atom is -0.325 e. The highest BCUT2D eigenvalue weighted by Gasteiger charge is 2.02. The Kier molecular flexibility index (Phi) is 6.55. The Bertz CT molecular complexity index is 860. The number of aromatic nitrogens is 1. The number of benzene rings is 1. The fourth-order valence-electron chi connectivity index (χ4n) is 2.64. The van der Waals surface area contributed by atoms with E-state index < -0.39 is 0 Å². The summed E-state index contributed by atoms with van der Waals surface area (Å²) in [5.74, 6) is 0. The molecular formula is C21H22BrN3. The molecule has 0 unspecified atom stereocenters. The van der Waals surface area contributed by atoms with E-state index in [4.69, 9.17) is 10.7 Å². The van der Waals surface area contributed by atoms with E-state index in [-0.39, 0.29) is 0 Å². The van der Waals surface area contributed by atoms with Crippen molar-refractivity contribution in [1.29, 1.82) is 10.7 Å². The maximum atomic E-state index is 9.03. The lowest BCUT2D eigenvalue weighted by Crippen LogP contribution is -1.97. The van der Waals surface area contributed by atoms with Gasteiger partial charge in [-0.2, -0.15) is 5.26 Å². The Hall–Kier alpha value is -2.38. The van der Waals surface area contributed by atoms with Crippen LogP contribution in [0.25, 0.3) is 6.20 Å². The van der Waals surface area contributed by atoms with Crippen LogP contribution in [0.5, 0.6) is 0 Å². The van der Waals surface area contributed by atoms with E-state index in [1.165, 1.54) is 11.4 Å². The van der Waals surface area contributed by atoms with Gasteiger partial charge in [0.1, 0.15) is 0 Å². The number of aryl methyl sites for hydroxylation is 3. The first-order valence-electron chi connectivity index (χ1n) is 8.17. The molecule has 0 saturated heterocycles. The minimum absolute atomic E-state index is 0.585. The van der Waals surface area contributed by atoms with E-state index in [0.717, 1.165) is 22.0 Å². The Labute approximate surface area is 157 Å². The van der Waals surface area contributed by atoms with Crippen molar-refractivity contribution < 1.29 is 0 Å². The molecule has 1 aromatic heterocycles. The van der Waals surface area contributed by atoms with Gasteiger partial charge >= 0.3 is 0 Å². The number of hydrogen-bond donors (Lipinski definition) is 1. The Morgan fingerprint density at radius 2 is 1.92 bits per heavy atom. The molecule has 0 fully saturated rings. The van der Waals surface area contributed by atoms with E-state index in [0.29, 0.717) is 17.7 Å². The molecule has 0 saturated carbocycles. The van der Waals surface area contributed by atoms with Crippen LogP contribution in [0.15, 0.2) is 52.5 Å². The van der Waals surface area contributed by atoms with Crippen LogP contribution >= 0.6 is 15.9 Å². The zero-order valence-electron chi connectivity index (χ0n) is 14.8. The first-order chi connectivity index (χ1) is 11.9. The molecule has 0 aliphatic heterocycles. The zero-order chi connectivity index (χ0) is 18.4. The number of rotatable bonds is 6. The van der Waals surface area contributed by atoms with Gasteiger partial charge in [-0.25, -0.2) is 0 Å². The first-order valence-corrected chi connectivity index (χ1v) is 8.96. The molecule has 4 heteroatoms. The van der Waals surface area contributed by atoms with Gasteiger partial charge in [-0.3, -0.25) is 0 Å². The van der Waals surface area contributed by atoms with Gasteiger partial charge in [-0.05, 0) is 87.2 Å². The molecule has 3 nitrogen and oxygen atoms in total. The molecule has 0 atom stereocenters. The number of nitriles is 1. The third kappa shape index (κ3) is 5.58. The van der Waals surface area contributed by atoms with E-state index >= 15 is 0 Å². The normalized spacial score (nSPS) is 11.7. The van der Waals surface area contributed by atoms with Gasteiger partial charge in [0.05, 0.1) is 11.6 Å². The fourth-order valence-corrected chi connectivity index (χ4v) is 3.18. The monoisotopic (exact) mass is 395 g/mol. The van der Waals surface area contributed by atoms with Crippen molar-refractivity contribution in [3.05, 3.63) is 75.0 Å². The van der Waals surface area contributed by atoms with Crippen molar-refractivity contribution in [1.82, 2.24) is 4.57 Å². The van der Waals surface area contributed by atoms with Gasteiger partial charge in [-0.1, -0.05) is 15.9 Å². The molecule has 0 spiro atoms. The van der Waals surface area contributed by atoms with Crippen LogP contribution in [0.4, 0.5) is 0 Å². The van der Waals surface area contributed by atoms with E-state index in [2.05, 4.69) is 52.5 Å².